The number of ketones is 1. The summed E-state index contributed by atoms with van der Waals surface area (Å²) in [6.45, 7) is 3.87. The SMILES string of the molecule is Cc1ccc(C(=O)CC(=N)N2CCCCC2)cc1. The lowest BCUT2D eigenvalue weighted by Gasteiger charge is -2.28. The molecule has 1 aliphatic heterocycles. The highest BCUT2D eigenvalue weighted by molar-refractivity contribution is 6.08. The van der Waals surface area contributed by atoms with E-state index in [-0.39, 0.29) is 12.2 Å². The van der Waals surface area contributed by atoms with Crippen LogP contribution in [-0.2, 0) is 0 Å². The minimum Gasteiger partial charge on any atom is -0.360 e. The first kappa shape index (κ1) is 12.8. The van der Waals surface area contributed by atoms with Crippen molar-refractivity contribution in [3.8, 4) is 0 Å². The summed E-state index contributed by atoms with van der Waals surface area (Å²) in [5.74, 6) is 0.519. The second-order valence-electron chi connectivity index (χ2n) is 4.96. The Hall–Kier alpha value is -1.64. The first-order valence-electron chi connectivity index (χ1n) is 6.59. The summed E-state index contributed by atoms with van der Waals surface area (Å²) < 4.78 is 0. The quantitative estimate of drug-likeness (QED) is 0.504. The second kappa shape index (κ2) is 5.80. The predicted octanol–water partition coefficient (Wildman–Crippen LogP) is 3.03. The van der Waals surface area contributed by atoms with Crippen LogP contribution in [0.4, 0.5) is 0 Å². The highest BCUT2D eigenvalue weighted by Gasteiger charge is 2.16. The smallest absolute Gasteiger partial charge is 0.170 e. The van der Waals surface area contributed by atoms with Crippen LogP contribution in [0.3, 0.4) is 0 Å². The van der Waals surface area contributed by atoms with Gasteiger partial charge >= 0.3 is 0 Å². The van der Waals surface area contributed by atoms with Gasteiger partial charge in [-0.15, -0.1) is 0 Å². The average molecular weight is 244 g/mol. The van der Waals surface area contributed by atoms with E-state index in [1.54, 1.807) is 0 Å². The number of piperidine rings is 1. The fraction of sp³-hybridized carbons (Fsp3) is 0.467. The molecule has 1 aromatic carbocycles. The van der Waals surface area contributed by atoms with E-state index in [9.17, 15) is 4.79 Å². The maximum Gasteiger partial charge on any atom is 0.170 e. The standard InChI is InChI=1S/C15H20N2O/c1-12-5-7-13(8-6-12)14(18)11-15(16)17-9-3-2-4-10-17/h5-8,16H,2-4,9-11H2,1H3. The summed E-state index contributed by atoms with van der Waals surface area (Å²) in [7, 11) is 0. The van der Waals surface area contributed by atoms with Gasteiger partial charge in [-0.05, 0) is 26.2 Å². The number of hydrogen-bond acceptors (Lipinski definition) is 2. The number of hydrogen-bond donors (Lipinski definition) is 1. The summed E-state index contributed by atoms with van der Waals surface area (Å²) >= 11 is 0. The Morgan fingerprint density at radius 1 is 1.17 bits per heavy atom. The molecule has 0 aromatic heterocycles. The van der Waals surface area contributed by atoms with Crippen LogP contribution >= 0.6 is 0 Å². The number of rotatable bonds is 3. The lowest BCUT2D eigenvalue weighted by atomic mass is 10.0. The molecule has 0 aliphatic carbocycles. The number of aryl methyl sites for hydroxylation is 1. The van der Waals surface area contributed by atoms with Gasteiger partial charge in [-0.3, -0.25) is 10.2 Å². The van der Waals surface area contributed by atoms with Crippen LogP contribution in [-0.4, -0.2) is 29.6 Å². The third-order valence-electron chi connectivity index (χ3n) is 3.44. The van der Waals surface area contributed by atoms with Gasteiger partial charge in [0.25, 0.3) is 0 Å². The third-order valence-corrected chi connectivity index (χ3v) is 3.44. The Labute approximate surface area is 108 Å². The number of benzene rings is 1. The van der Waals surface area contributed by atoms with Gasteiger partial charge in [0.15, 0.2) is 5.78 Å². The zero-order valence-corrected chi connectivity index (χ0v) is 10.9. The minimum atomic E-state index is 0.0468. The molecule has 1 fully saturated rings. The van der Waals surface area contributed by atoms with Gasteiger partial charge in [-0.25, -0.2) is 0 Å². The van der Waals surface area contributed by atoms with Gasteiger partial charge < -0.3 is 4.90 Å². The number of nitrogens with one attached hydrogen (secondary N) is 1. The van der Waals surface area contributed by atoms with Crippen molar-refractivity contribution in [1.29, 1.82) is 5.41 Å². The molecule has 1 N–H and O–H groups in total. The fourth-order valence-electron chi connectivity index (χ4n) is 2.27. The van der Waals surface area contributed by atoms with Crippen molar-refractivity contribution in [2.75, 3.05) is 13.1 Å². The lowest BCUT2D eigenvalue weighted by molar-refractivity contribution is 0.0996. The van der Waals surface area contributed by atoms with E-state index in [4.69, 9.17) is 5.41 Å². The minimum absolute atomic E-state index is 0.0468. The fourth-order valence-corrected chi connectivity index (χ4v) is 2.27. The van der Waals surface area contributed by atoms with Crippen molar-refractivity contribution >= 4 is 11.6 Å². The van der Waals surface area contributed by atoms with Gasteiger partial charge in [0.1, 0.15) is 5.84 Å². The molecule has 1 saturated heterocycles. The normalized spacial score (nSPS) is 15.5. The topological polar surface area (TPSA) is 44.2 Å². The predicted molar refractivity (Wildman–Crippen MR) is 73.3 cm³/mol. The molecule has 18 heavy (non-hydrogen) atoms. The third kappa shape index (κ3) is 3.19. The molecule has 3 nitrogen and oxygen atoms in total. The van der Waals surface area contributed by atoms with E-state index >= 15 is 0 Å². The van der Waals surface area contributed by atoms with Crippen molar-refractivity contribution < 1.29 is 4.79 Å². The Balaban J connectivity index is 1.94. The Bertz CT molecular complexity index is 430. The van der Waals surface area contributed by atoms with E-state index in [0.717, 1.165) is 31.5 Å². The van der Waals surface area contributed by atoms with Crippen molar-refractivity contribution in [2.24, 2.45) is 0 Å². The van der Waals surface area contributed by atoms with Gasteiger partial charge in [-0.2, -0.15) is 0 Å². The molecule has 2 rings (SSSR count). The Morgan fingerprint density at radius 2 is 1.78 bits per heavy atom. The number of nitrogens with zero attached hydrogens (tertiary/aromatic N) is 1. The summed E-state index contributed by atoms with van der Waals surface area (Å²) in [6, 6.07) is 7.58. The largest absolute Gasteiger partial charge is 0.360 e. The van der Waals surface area contributed by atoms with Gasteiger partial charge in [0.2, 0.25) is 0 Å². The molecular weight excluding hydrogens is 224 g/mol. The Kier molecular flexibility index (Phi) is 4.13. The second-order valence-corrected chi connectivity index (χ2v) is 4.96. The van der Waals surface area contributed by atoms with Crippen molar-refractivity contribution in [3.63, 3.8) is 0 Å². The van der Waals surface area contributed by atoms with Crippen molar-refractivity contribution in [1.82, 2.24) is 4.90 Å². The molecule has 0 spiro atoms. The molecule has 0 bridgehead atoms. The van der Waals surface area contributed by atoms with Gasteiger partial charge in [-0.1, -0.05) is 29.8 Å². The Morgan fingerprint density at radius 3 is 2.39 bits per heavy atom. The maximum absolute atomic E-state index is 12.0. The average Bonchev–Trinajstić information content (AvgIpc) is 2.40. The molecule has 96 valence electrons. The molecule has 0 radical (unpaired) electrons. The van der Waals surface area contributed by atoms with Crippen LogP contribution < -0.4 is 0 Å². The monoisotopic (exact) mass is 244 g/mol. The van der Waals surface area contributed by atoms with Crippen LogP contribution in [0.25, 0.3) is 0 Å². The number of carbonyl (C=O) groups excluding carboxylic acids is 1. The van der Waals surface area contributed by atoms with Crippen molar-refractivity contribution in [3.05, 3.63) is 35.4 Å². The molecule has 1 aromatic rings. The number of amidine groups is 1. The van der Waals surface area contributed by atoms with Gasteiger partial charge in [0, 0.05) is 18.7 Å². The number of likely N-dealkylation sites (tertiary alicyclic amines) is 1. The maximum atomic E-state index is 12.0. The van der Waals surface area contributed by atoms with Crippen LogP contribution in [0.2, 0.25) is 0 Å². The van der Waals surface area contributed by atoms with E-state index in [1.807, 2.05) is 36.1 Å². The van der Waals surface area contributed by atoms with E-state index in [2.05, 4.69) is 0 Å². The molecule has 0 atom stereocenters. The summed E-state index contributed by atoms with van der Waals surface area (Å²) in [5, 5.41) is 8.01. The number of carbonyl (C=O) groups is 1. The van der Waals surface area contributed by atoms with Gasteiger partial charge in [0.05, 0.1) is 6.42 Å². The lowest BCUT2D eigenvalue weighted by Crippen LogP contribution is -2.36. The summed E-state index contributed by atoms with van der Waals surface area (Å²) in [6.07, 6.45) is 3.75. The first-order valence-corrected chi connectivity index (χ1v) is 6.59. The molecule has 3 heteroatoms. The molecule has 0 saturated carbocycles. The van der Waals surface area contributed by atoms with Crippen molar-refractivity contribution in [2.45, 2.75) is 32.6 Å². The molecule has 1 heterocycles. The first-order chi connectivity index (χ1) is 8.66. The zero-order valence-electron chi connectivity index (χ0n) is 10.9. The van der Waals surface area contributed by atoms with E-state index in [1.165, 1.54) is 6.42 Å². The summed E-state index contributed by atoms with van der Waals surface area (Å²) in [5.41, 5.74) is 1.86. The molecular formula is C15H20N2O. The zero-order chi connectivity index (χ0) is 13.0. The van der Waals surface area contributed by atoms with Crippen LogP contribution in [0.5, 0.6) is 0 Å². The van der Waals surface area contributed by atoms with Crippen LogP contribution in [0, 0.1) is 12.3 Å². The van der Waals surface area contributed by atoms with E-state index in [0.29, 0.717) is 11.4 Å². The highest BCUT2D eigenvalue weighted by atomic mass is 16.1. The molecule has 0 amide bonds. The molecule has 1 aliphatic rings. The summed E-state index contributed by atoms with van der Waals surface area (Å²) in [4.78, 5) is 14.1. The highest BCUT2D eigenvalue weighted by Crippen LogP contribution is 2.12. The van der Waals surface area contributed by atoms with Crippen LogP contribution in [0.1, 0.15) is 41.6 Å². The van der Waals surface area contributed by atoms with Crippen LogP contribution in [0.15, 0.2) is 24.3 Å². The number of Topliss-reactive ketones (excluding diaryl/α,β-unsaturated/α-hetero) is 1. The molecule has 0 unspecified atom stereocenters. The van der Waals surface area contributed by atoms with E-state index < -0.39 is 0 Å².